The number of phenolic OH excluding ortho intramolecular Hbond substituents is 1. The maximum atomic E-state index is 10.1. The van der Waals surface area contributed by atoms with Crippen LogP contribution in [0.25, 0.3) is 0 Å². The first-order chi connectivity index (χ1) is 9.72. The van der Waals surface area contributed by atoms with Gasteiger partial charge in [0, 0.05) is 11.8 Å². The molecule has 1 atom stereocenters. The van der Waals surface area contributed by atoms with E-state index >= 15 is 0 Å². The van der Waals surface area contributed by atoms with Crippen molar-refractivity contribution in [3.8, 4) is 11.5 Å². The third kappa shape index (κ3) is 3.38. The molecule has 2 rings (SSSR count). The molecule has 0 spiro atoms. The van der Waals surface area contributed by atoms with Gasteiger partial charge in [0.15, 0.2) is 11.5 Å². The maximum Gasteiger partial charge on any atom is 0.166 e. The number of phenols is 1. The monoisotopic (exact) mass is 269 g/mol. The molecule has 2 aromatic rings. The van der Waals surface area contributed by atoms with Gasteiger partial charge >= 0.3 is 0 Å². The highest BCUT2D eigenvalue weighted by molar-refractivity contribution is 5.84. The zero-order chi connectivity index (χ0) is 14.4. The van der Waals surface area contributed by atoms with Crippen LogP contribution in [0.4, 0.5) is 0 Å². The number of aliphatic imine (C=N–C) groups is 1. The average molecular weight is 269 g/mol. The second kappa shape index (κ2) is 6.75. The van der Waals surface area contributed by atoms with E-state index in [0.29, 0.717) is 17.9 Å². The summed E-state index contributed by atoms with van der Waals surface area (Å²) >= 11 is 0. The van der Waals surface area contributed by atoms with Gasteiger partial charge in [-0.3, -0.25) is 4.99 Å². The maximum absolute atomic E-state index is 10.1. The number of aromatic hydroxyl groups is 1. The predicted molar refractivity (Wildman–Crippen MR) is 81.7 cm³/mol. The second-order valence-electron chi connectivity index (χ2n) is 4.49. The zero-order valence-corrected chi connectivity index (χ0v) is 11.8. The van der Waals surface area contributed by atoms with Crippen LogP contribution in [0.1, 0.15) is 31.0 Å². The molecule has 0 saturated carbocycles. The van der Waals surface area contributed by atoms with E-state index in [2.05, 4.69) is 4.99 Å². The summed E-state index contributed by atoms with van der Waals surface area (Å²) in [4.78, 5) is 4.49. The second-order valence-corrected chi connectivity index (χ2v) is 4.49. The van der Waals surface area contributed by atoms with Gasteiger partial charge in [0.1, 0.15) is 0 Å². The van der Waals surface area contributed by atoms with Crippen LogP contribution in [0.3, 0.4) is 0 Å². The Hall–Kier alpha value is -2.29. The van der Waals surface area contributed by atoms with Crippen molar-refractivity contribution in [1.82, 2.24) is 0 Å². The first kappa shape index (κ1) is 14.1. The first-order valence-corrected chi connectivity index (χ1v) is 6.75. The molecule has 0 aliphatic rings. The van der Waals surface area contributed by atoms with Gasteiger partial charge in [0.05, 0.1) is 12.6 Å². The fourth-order valence-corrected chi connectivity index (χ4v) is 1.93. The SMILES string of the molecule is CCOc1cccc(C=NC(C)c2ccccc2)c1O. The Morgan fingerprint density at radius 2 is 1.90 bits per heavy atom. The van der Waals surface area contributed by atoms with Gasteiger partial charge < -0.3 is 9.84 Å². The molecule has 0 amide bonds. The van der Waals surface area contributed by atoms with Crippen molar-refractivity contribution in [2.75, 3.05) is 6.61 Å². The normalized spacial score (nSPS) is 12.5. The molecule has 0 radical (unpaired) electrons. The number of hydrogen-bond acceptors (Lipinski definition) is 3. The highest BCUT2D eigenvalue weighted by atomic mass is 16.5. The van der Waals surface area contributed by atoms with E-state index in [4.69, 9.17) is 4.74 Å². The molecule has 0 bridgehead atoms. The van der Waals surface area contributed by atoms with Crippen molar-refractivity contribution in [2.24, 2.45) is 4.99 Å². The fraction of sp³-hybridized carbons (Fsp3) is 0.235. The number of ether oxygens (including phenoxy) is 1. The van der Waals surface area contributed by atoms with Crippen molar-refractivity contribution in [3.63, 3.8) is 0 Å². The quantitative estimate of drug-likeness (QED) is 0.834. The van der Waals surface area contributed by atoms with E-state index in [-0.39, 0.29) is 11.8 Å². The van der Waals surface area contributed by atoms with E-state index in [1.54, 1.807) is 12.3 Å². The molecule has 1 unspecified atom stereocenters. The van der Waals surface area contributed by atoms with Crippen LogP contribution in [0, 0.1) is 0 Å². The van der Waals surface area contributed by atoms with Crippen LogP contribution in [0.5, 0.6) is 11.5 Å². The summed E-state index contributed by atoms with van der Waals surface area (Å²) in [5.41, 5.74) is 1.81. The Morgan fingerprint density at radius 3 is 2.60 bits per heavy atom. The summed E-state index contributed by atoms with van der Waals surface area (Å²) in [6, 6.07) is 15.5. The molecule has 3 heteroatoms. The molecular formula is C17H19NO2. The third-order valence-corrected chi connectivity index (χ3v) is 3.05. The van der Waals surface area contributed by atoms with Crippen molar-refractivity contribution in [1.29, 1.82) is 0 Å². The lowest BCUT2D eigenvalue weighted by Gasteiger charge is -2.09. The summed E-state index contributed by atoms with van der Waals surface area (Å²) in [6.45, 7) is 4.43. The molecule has 0 aliphatic carbocycles. The molecule has 2 aromatic carbocycles. The number of hydrogen-bond donors (Lipinski definition) is 1. The van der Waals surface area contributed by atoms with Gasteiger partial charge in [-0.2, -0.15) is 0 Å². The zero-order valence-electron chi connectivity index (χ0n) is 11.8. The Labute approximate surface area is 119 Å². The summed E-state index contributed by atoms with van der Waals surface area (Å²) in [7, 11) is 0. The molecular weight excluding hydrogens is 250 g/mol. The highest BCUT2D eigenvalue weighted by Crippen LogP contribution is 2.29. The van der Waals surface area contributed by atoms with Gasteiger partial charge in [-0.15, -0.1) is 0 Å². The van der Waals surface area contributed by atoms with E-state index in [1.807, 2.05) is 56.3 Å². The number of benzene rings is 2. The molecule has 20 heavy (non-hydrogen) atoms. The highest BCUT2D eigenvalue weighted by Gasteiger charge is 2.06. The predicted octanol–water partition coefficient (Wildman–Crippen LogP) is 3.97. The van der Waals surface area contributed by atoms with Gasteiger partial charge in [-0.05, 0) is 31.5 Å². The Bertz CT molecular complexity index is 579. The van der Waals surface area contributed by atoms with Crippen molar-refractivity contribution >= 4 is 6.21 Å². The van der Waals surface area contributed by atoms with Crippen LogP contribution in [0.15, 0.2) is 53.5 Å². The number of rotatable bonds is 5. The van der Waals surface area contributed by atoms with Gasteiger partial charge in [-0.25, -0.2) is 0 Å². The minimum Gasteiger partial charge on any atom is -0.504 e. The lowest BCUT2D eigenvalue weighted by molar-refractivity contribution is 0.318. The molecule has 0 saturated heterocycles. The largest absolute Gasteiger partial charge is 0.504 e. The molecule has 0 aliphatic heterocycles. The molecule has 0 aromatic heterocycles. The van der Waals surface area contributed by atoms with E-state index in [9.17, 15) is 5.11 Å². The van der Waals surface area contributed by atoms with Crippen molar-refractivity contribution in [2.45, 2.75) is 19.9 Å². The fourth-order valence-electron chi connectivity index (χ4n) is 1.93. The topological polar surface area (TPSA) is 41.8 Å². The van der Waals surface area contributed by atoms with Crippen molar-refractivity contribution < 1.29 is 9.84 Å². The molecule has 104 valence electrons. The lowest BCUT2D eigenvalue weighted by Crippen LogP contribution is -1.95. The van der Waals surface area contributed by atoms with Crippen LogP contribution in [-0.4, -0.2) is 17.9 Å². The first-order valence-electron chi connectivity index (χ1n) is 6.75. The molecule has 3 nitrogen and oxygen atoms in total. The number of nitrogens with zero attached hydrogens (tertiary/aromatic N) is 1. The van der Waals surface area contributed by atoms with Crippen LogP contribution in [-0.2, 0) is 0 Å². The van der Waals surface area contributed by atoms with E-state index in [1.165, 1.54) is 0 Å². The summed E-state index contributed by atoms with van der Waals surface area (Å²) in [6.07, 6.45) is 1.69. The molecule has 1 N–H and O–H groups in total. The molecule has 0 heterocycles. The molecule has 0 fully saturated rings. The van der Waals surface area contributed by atoms with Crippen LogP contribution in [0.2, 0.25) is 0 Å². The van der Waals surface area contributed by atoms with Gasteiger partial charge in [0.2, 0.25) is 0 Å². The van der Waals surface area contributed by atoms with Crippen LogP contribution < -0.4 is 4.74 Å². The Morgan fingerprint density at radius 1 is 1.15 bits per heavy atom. The average Bonchev–Trinajstić information content (AvgIpc) is 2.49. The lowest BCUT2D eigenvalue weighted by atomic mass is 10.1. The summed E-state index contributed by atoms with van der Waals surface area (Å²) < 4.78 is 5.36. The minimum atomic E-state index is 0.0475. The summed E-state index contributed by atoms with van der Waals surface area (Å²) in [5.74, 6) is 0.627. The van der Waals surface area contributed by atoms with Crippen molar-refractivity contribution in [3.05, 3.63) is 59.7 Å². The third-order valence-electron chi connectivity index (χ3n) is 3.05. The Balaban J connectivity index is 2.17. The standard InChI is InChI=1S/C17H19NO2/c1-3-20-16-11-7-10-15(17(16)19)12-18-13(2)14-8-5-4-6-9-14/h4-13,19H,3H2,1-2H3. The van der Waals surface area contributed by atoms with E-state index in [0.717, 1.165) is 5.56 Å². The van der Waals surface area contributed by atoms with E-state index < -0.39 is 0 Å². The Kier molecular flexibility index (Phi) is 4.77. The smallest absolute Gasteiger partial charge is 0.166 e. The number of para-hydroxylation sites is 1. The minimum absolute atomic E-state index is 0.0475. The van der Waals surface area contributed by atoms with Crippen LogP contribution >= 0.6 is 0 Å². The summed E-state index contributed by atoms with van der Waals surface area (Å²) in [5, 5.41) is 10.1. The van der Waals surface area contributed by atoms with Gasteiger partial charge in [0.25, 0.3) is 0 Å². The van der Waals surface area contributed by atoms with Gasteiger partial charge in [-0.1, -0.05) is 36.4 Å².